The lowest BCUT2D eigenvalue weighted by atomic mass is 10.1. The van der Waals surface area contributed by atoms with E-state index in [4.69, 9.17) is 10.5 Å². The van der Waals surface area contributed by atoms with Crippen molar-refractivity contribution in [3.63, 3.8) is 0 Å². The molecule has 8 nitrogen and oxygen atoms in total. The first-order valence-electron chi connectivity index (χ1n) is 10.6. The summed E-state index contributed by atoms with van der Waals surface area (Å²) in [5.74, 6) is 6.51. The fraction of sp³-hybridized carbons (Fsp3) is 0.250. The summed E-state index contributed by atoms with van der Waals surface area (Å²) < 4.78 is 20.8. The Labute approximate surface area is 195 Å². The molecule has 174 valence electrons. The Morgan fingerprint density at radius 1 is 1.24 bits per heavy atom. The molecular weight excluding hydrogens is 421 g/mol. The van der Waals surface area contributed by atoms with E-state index in [9.17, 15) is 4.39 Å². The monoisotopic (exact) mass is 451 g/mol. The number of rotatable bonds is 6. The number of nitrogens with two attached hydrogens (primary N) is 1. The molecule has 9 heteroatoms. The topological polar surface area (TPSA) is 103 Å². The highest BCUT2D eigenvalue weighted by Gasteiger charge is 2.19. The largest absolute Gasteiger partial charge is 0.447 e. The molecular formula is C24H30FN7O. The zero-order chi connectivity index (χ0) is 23.4. The number of nitrogens with zero attached hydrogens (tertiary/aromatic N) is 5. The van der Waals surface area contributed by atoms with Crippen molar-refractivity contribution in [1.29, 1.82) is 0 Å². The molecule has 1 unspecified atom stereocenters. The van der Waals surface area contributed by atoms with Crippen LogP contribution in [0.4, 0.5) is 16.0 Å². The maximum absolute atomic E-state index is 13.3. The summed E-state index contributed by atoms with van der Waals surface area (Å²) in [6.45, 7) is 5.75. The lowest BCUT2D eigenvalue weighted by molar-refractivity contribution is 0.256. The molecule has 3 aromatic heterocycles. The molecule has 4 aromatic rings. The Kier molecular flexibility index (Phi) is 6.36. The van der Waals surface area contributed by atoms with Gasteiger partial charge in [-0.15, -0.1) is 5.10 Å². The molecule has 0 fully saturated rings. The molecule has 3 heterocycles. The average Bonchev–Trinajstić information content (AvgIpc) is 3.13. The number of benzene rings is 1. The van der Waals surface area contributed by atoms with Crippen LogP contribution in [0.15, 0.2) is 48.8 Å². The van der Waals surface area contributed by atoms with Crippen LogP contribution < -0.4 is 15.8 Å². The summed E-state index contributed by atoms with van der Waals surface area (Å²) in [7, 11) is 0. The van der Waals surface area contributed by atoms with Gasteiger partial charge in [0.15, 0.2) is 17.6 Å². The summed E-state index contributed by atoms with van der Waals surface area (Å²) >= 11 is 0. The van der Waals surface area contributed by atoms with Crippen molar-refractivity contribution >= 4 is 17.3 Å². The predicted molar refractivity (Wildman–Crippen MR) is 131 cm³/mol. The number of hydrogen-bond donors (Lipinski definition) is 2. The van der Waals surface area contributed by atoms with Gasteiger partial charge in [0.1, 0.15) is 11.6 Å². The van der Waals surface area contributed by atoms with E-state index in [1.165, 1.54) is 12.1 Å². The Morgan fingerprint density at radius 2 is 2.03 bits per heavy atom. The van der Waals surface area contributed by atoms with Gasteiger partial charge in [-0.2, -0.15) is 9.97 Å². The molecule has 0 bridgehead atoms. The second kappa shape index (κ2) is 9.53. The Morgan fingerprint density at radius 3 is 2.79 bits per heavy atom. The summed E-state index contributed by atoms with van der Waals surface area (Å²) in [5, 5.41) is 7.65. The minimum Gasteiger partial charge on any atom is -0.447 e. The SMILES string of the molecule is CCC#CC(C)Oc1nc(N[C@@H](C)c2ccc(F)cc2)cc(-c2c(N)nn3cccnc23)n1.[HH].[HH].[HH]. The Hall–Kier alpha value is -4.19. The number of anilines is 2. The number of halogens is 1. The van der Waals surface area contributed by atoms with Gasteiger partial charge in [0.05, 0.1) is 11.3 Å². The molecule has 1 aromatic carbocycles. The highest BCUT2D eigenvalue weighted by molar-refractivity contribution is 5.85. The smallest absolute Gasteiger partial charge is 0.320 e. The number of nitrogen functional groups attached to an aromatic ring is 1. The van der Waals surface area contributed by atoms with E-state index in [1.54, 1.807) is 41.2 Å². The summed E-state index contributed by atoms with van der Waals surface area (Å²) in [6.07, 6.45) is 3.75. The van der Waals surface area contributed by atoms with Gasteiger partial charge in [0.2, 0.25) is 0 Å². The molecule has 4 rings (SSSR count). The molecule has 0 saturated heterocycles. The van der Waals surface area contributed by atoms with Crippen LogP contribution in [0.2, 0.25) is 0 Å². The zero-order valence-electron chi connectivity index (χ0n) is 18.6. The van der Waals surface area contributed by atoms with Crippen molar-refractivity contribution in [2.24, 2.45) is 0 Å². The molecule has 0 aliphatic carbocycles. The van der Waals surface area contributed by atoms with E-state index < -0.39 is 6.10 Å². The fourth-order valence-electron chi connectivity index (χ4n) is 3.32. The third kappa shape index (κ3) is 5.01. The number of hydrogen-bond acceptors (Lipinski definition) is 7. The van der Waals surface area contributed by atoms with Crippen LogP contribution in [0.5, 0.6) is 6.01 Å². The lowest BCUT2D eigenvalue weighted by Gasteiger charge is -2.17. The third-order valence-corrected chi connectivity index (χ3v) is 4.88. The fourth-order valence-corrected chi connectivity index (χ4v) is 3.32. The van der Waals surface area contributed by atoms with Crippen LogP contribution in [-0.4, -0.2) is 30.7 Å². The van der Waals surface area contributed by atoms with Gasteiger partial charge in [-0.25, -0.2) is 13.9 Å². The second-order valence-electron chi connectivity index (χ2n) is 7.42. The van der Waals surface area contributed by atoms with E-state index in [0.717, 1.165) is 12.0 Å². The maximum atomic E-state index is 13.3. The molecule has 0 aliphatic heterocycles. The van der Waals surface area contributed by atoms with Crippen LogP contribution in [-0.2, 0) is 0 Å². The minimum atomic E-state index is -0.401. The number of ether oxygens (including phenoxy) is 1. The van der Waals surface area contributed by atoms with E-state index in [0.29, 0.717) is 22.7 Å². The zero-order valence-corrected chi connectivity index (χ0v) is 18.6. The van der Waals surface area contributed by atoms with Crippen molar-refractivity contribution in [1.82, 2.24) is 24.6 Å². The average molecular weight is 452 g/mol. The number of nitrogens with one attached hydrogen (secondary N) is 1. The van der Waals surface area contributed by atoms with Crippen LogP contribution in [0.25, 0.3) is 16.9 Å². The molecule has 0 aliphatic rings. The highest BCUT2D eigenvalue weighted by Crippen LogP contribution is 2.31. The molecule has 0 spiro atoms. The normalized spacial score (nSPS) is 12.6. The molecule has 0 saturated carbocycles. The maximum Gasteiger partial charge on any atom is 0.320 e. The molecule has 2 atom stereocenters. The molecule has 0 radical (unpaired) electrons. The van der Waals surface area contributed by atoms with E-state index in [1.807, 2.05) is 20.8 Å². The minimum absolute atomic E-state index is 0. The highest BCUT2D eigenvalue weighted by atomic mass is 19.1. The van der Waals surface area contributed by atoms with Crippen molar-refractivity contribution in [2.45, 2.75) is 39.3 Å². The lowest BCUT2D eigenvalue weighted by Crippen LogP contribution is -2.14. The third-order valence-electron chi connectivity index (χ3n) is 4.88. The van der Waals surface area contributed by atoms with Crippen LogP contribution in [0.3, 0.4) is 0 Å². The summed E-state index contributed by atoms with van der Waals surface area (Å²) in [4.78, 5) is 13.5. The Bertz CT molecular complexity index is 1340. The first-order valence-corrected chi connectivity index (χ1v) is 10.6. The van der Waals surface area contributed by atoms with Gasteiger partial charge in [-0.05, 0) is 37.6 Å². The first-order chi connectivity index (χ1) is 15.9. The van der Waals surface area contributed by atoms with E-state index in [2.05, 4.69) is 37.2 Å². The summed E-state index contributed by atoms with van der Waals surface area (Å²) in [6, 6.07) is 9.82. The van der Waals surface area contributed by atoms with Crippen molar-refractivity contribution in [2.75, 3.05) is 11.1 Å². The molecule has 3 N–H and O–H groups in total. The van der Waals surface area contributed by atoms with Crippen molar-refractivity contribution < 1.29 is 13.4 Å². The number of aromatic nitrogens is 5. The predicted octanol–water partition coefficient (Wildman–Crippen LogP) is 5.00. The van der Waals surface area contributed by atoms with Crippen LogP contribution >= 0.6 is 0 Å². The second-order valence-corrected chi connectivity index (χ2v) is 7.42. The van der Waals surface area contributed by atoms with Gasteiger partial charge in [-0.1, -0.05) is 30.9 Å². The Balaban J connectivity index is 0.00000216. The van der Waals surface area contributed by atoms with Gasteiger partial charge < -0.3 is 15.8 Å². The number of fused-ring (bicyclic) bond motifs is 1. The van der Waals surface area contributed by atoms with Crippen molar-refractivity contribution in [3.05, 3.63) is 60.2 Å². The van der Waals surface area contributed by atoms with Crippen molar-refractivity contribution in [3.8, 4) is 29.1 Å². The van der Waals surface area contributed by atoms with Crippen LogP contribution in [0, 0.1) is 17.7 Å². The van der Waals surface area contributed by atoms with Crippen LogP contribution in [0.1, 0.15) is 43.1 Å². The standard InChI is InChI=1S/C24H24FN7O.3H2/c1-4-5-7-15(2)33-24-29-19(21-22(26)31-32-13-6-12-27-23(21)32)14-20(30-24)28-16(3)17-8-10-18(25)11-9-17;;;/h6,8-16H,4H2,1-3H3,(H2,26,31)(H,28,29,30);3*1H/t15?,16-;;;/m0.../s1. The van der Waals surface area contributed by atoms with Gasteiger partial charge in [0.25, 0.3) is 0 Å². The van der Waals surface area contributed by atoms with Gasteiger partial charge in [-0.3, -0.25) is 0 Å². The van der Waals surface area contributed by atoms with E-state index in [-0.39, 0.29) is 28.0 Å². The molecule has 33 heavy (non-hydrogen) atoms. The summed E-state index contributed by atoms with van der Waals surface area (Å²) in [5.41, 5.74) is 8.76. The quantitative estimate of drug-likeness (QED) is 0.398. The van der Waals surface area contributed by atoms with Gasteiger partial charge in [0, 0.05) is 35.2 Å². The van der Waals surface area contributed by atoms with Gasteiger partial charge >= 0.3 is 6.01 Å². The van der Waals surface area contributed by atoms with E-state index >= 15 is 0 Å². The first kappa shape index (κ1) is 22.0. The molecule has 0 amide bonds.